The van der Waals surface area contributed by atoms with Crippen LogP contribution in [0.3, 0.4) is 0 Å². The highest BCUT2D eigenvalue weighted by Gasteiger charge is 2.03. The molecule has 0 unspecified atom stereocenters. The summed E-state index contributed by atoms with van der Waals surface area (Å²) in [5.41, 5.74) is 0. The van der Waals surface area contributed by atoms with E-state index < -0.39 is 0 Å². The zero-order valence-electron chi connectivity index (χ0n) is 15.3. The Kier molecular flexibility index (Phi) is 12.9. The molecule has 0 aliphatic carbocycles. The molecule has 0 radical (unpaired) electrons. The molecule has 1 aromatic heterocycles. The first-order valence-corrected chi connectivity index (χ1v) is 9.57. The molecule has 0 saturated heterocycles. The van der Waals surface area contributed by atoms with E-state index in [1.54, 1.807) is 0 Å². The molecule has 1 heterocycles. The van der Waals surface area contributed by atoms with Crippen molar-refractivity contribution in [1.82, 2.24) is 4.57 Å². The van der Waals surface area contributed by atoms with Crippen molar-refractivity contribution in [2.45, 2.75) is 78.3 Å². The Hall–Kier alpha value is -0.870. The van der Waals surface area contributed by atoms with Gasteiger partial charge < -0.3 is 9.47 Å². The van der Waals surface area contributed by atoms with E-state index >= 15 is 0 Å². The molecule has 0 fully saturated rings. The van der Waals surface area contributed by atoms with Crippen molar-refractivity contribution >= 4 is 0 Å². The Bertz CT molecular complexity index is 334. The van der Waals surface area contributed by atoms with Gasteiger partial charge >= 0.3 is 0 Å². The zero-order chi connectivity index (χ0) is 16.6. The number of imidazole rings is 1. The minimum absolute atomic E-state index is 0.843. The molecule has 0 amide bonds. The van der Waals surface area contributed by atoms with Crippen LogP contribution in [0.2, 0.25) is 0 Å². The molecule has 0 N–H and O–H groups in total. The first kappa shape index (κ1) is 20.2. The van der Waals surface area contributed by atoms with Gasteiger partial charge in [0.15, 0.2) is 0 Å². The minimum Gasteiger partial charge on any atom is -0.382 e. The number of nitrogens with zero attached hydrogens (tertiary/aromatic N) is 2. The highest BCUT2D eigenvalue weighted by atomic mass is 16.5. The molecule has 4 heteroatoms. The number of ether oxygens (including phenoxy) is 2. The molecule has 0 aliphatic rings. The average Bonchev–Trinajstić information content (AvgIpc) is 3.01. The van der Waals surface area contributed by atoms with Gasteiger partial charge in [-0.25, -0.2) is 9.13 Å². The predicted octanol–water partition coefficient (Wildman–Crippen LogP) is 3.97. The zero-order valence-corrected chi connectivity index (χ0v) is 15.3. The Morgan fingerprint density at radius 3 is 2.04 bits per heavy atom. The summed E-state index contributed by atoms with van der Waals surface area (Å²) in [7, 11) is 0. The van der Waals surface area contributed by atoms with E-state index in [-0.39, 0.29) is 0 Å². The maximum absolute atomic E-state index is 5.36. The minimum atomic E-state index is 0.843. The van der Waals surface area contributed by atoms with E-state index in [4.69, 9.17) is 9.47 Å². The fraction of sp³-hybridized carbons (Fsp3) is 0.842. The SMILES string of the molecule is CCOCCCCCCn1cc[n+](CCCCCCOCC)c1. The molecule has 23 heavy (non-hydrogen) atoms. The Labute approximate surface area is 142 Å². The Morgan fingerprint density at radius 2 is 1.39 bits per heavy atom. The van der Waals surface area contributed by atoms with Crippen LogP contribution in [-0.4, -0.2) is 31.0 Å². The van der Waals surface area contributed by atoms with Gasteiger partial charge in [-0.3, -0.25) is 0 Å². The third-order valence-corrected chi connectivity index (χ3v) is 4.06. The molecule has 1 rings (SSSR count). The number of rotatable bonds is 16. The monoisotopic (exact) mass is 325 g/mol. The second kappa shape index (κ2) is 14.7. The van der Waals surface area contributed by atoms with E-state index in [9.17, 15) is 0 Å². The maximum Gasteiger partial charge on any atom is 0.243 e. The lowest BCUT2D eigenvalue weighted by Gasteiger charge is -2.01. The number of aryl methyl sites for hydroxylation is 2. The normalized spacial score (nSPS) is 11.2. The van der Waals surface area contributed by atoms with Gasteiger partial charge in [0.2, 0.25) is 6.33 Å². The predicted molar refractivity (Wildman–Crippen MR) is 94.5 cm³/mol. The number of unbranched alkanes of at least 4 members (excludes halogenated alkanes) is 6. The topological polar surface area (TPSA) is 27.3 Å². The second-order valence-electron chi connectivity index (χ2n) is 6.11. The summed E-state index contributed by atoms with van der Waals surface area (Å²) in [6.07, 6.45) is 16.7. The van der Waals surface area contributed by atoms with Gasteiger partial charge in [-0.2, -0.15) is 0 Å². The van der Waals surface area contributed by atoms with Gasteiger partial charge in [-0.15, -0.1) is 0 Å². The number of hydrogen-bond donors (Lipinski definition) is 0. The highest BCUT2D eigenvalue weighted by molar-refractivity contribution is 4.66. The van der Waals surface area contributed by atoms with Crippen molar-refractivity contribution in [1.29, 1.82) is 0 Å². The van der Waals surface area contributed by atoms with E-state index in [1.165, 1.54) is 51.4 Å². The summed E-state index contributed by atoms with van der Waals surface area (Å²) < 4.78 is 15.4. The largest absolute Gasteiger partial charge is 0.382 e. The van der Waals surface area contributed by atoms with E-state index in [2.05, 4.69) is 41.7 Å². The second-order valence-corrected chi connectivity index (χ2v) is 6.11. The molecule has 134 valence electrons. The summed E-state index contributed by atoms with van der Waals surface area (Å²) in [4.78, 5) is 0. The van der Waals surface area contributed by atoms with Crippen LogP contribution in [0.5, 0.6) is 0 Å². The fourth-order valence-electron chi connectivity index (χ4n) is 2.70. The lowest BCUT2D eigenvalue weighted by molar-refractivity contribution is -0.696. The summed E-state index contributed by atoms with van der Waals surface area (Å²) in [6.45, 7) is 9.91. The van der Waals surface area contributed by atoms with Crippen LogP contribution in [0.4, 0.5) is 0 Å². The summed E-state index contributed by atoms with van der Waals surface area (Å²) in [6, 6.07) is 0. The van der Waals surface area contributed by atoms with Crippen molar-refractivity contribution in [3.63, 3.8) is 0 Å². The van der Waals surface area contributed by atoms with E-state index in [0.717, 1.165) is 39.5 Å². The third-order valence-electron chi connectivity index (χ3n) is 4.06. The quantitative estimate of drug-likeness (QED) is 0.340. The van der Waals surface area contributed by atoms with Gasteiger partial charge in [-0.05, 0) is 52.4 Å². The van der Waals surface area contributed by atoms with Crippen molar-refractivity contribution in [2.75, 3.05) is 26.4 Å². The molecule has 0 aromatic carbocycles. The van der Waals surface area contributed by atoms with Crippen LogP contribution in [0.1, 0.15) is 65.2 Å². The Morgan fingerprint density at radius 1 is 0.783 bits per heavy atom. The highest BCUT2D eigenvalue weighted by Crippen LogP contribution is 2.03. The molecule has 0 aliphatic heterocycles. The van der Waals surface area contributed by atoms with Crippen LogP contribution in [-0.2, 0) is 22.6 Å². The number of aromatic nitrogens is 2. The van der Waals surface area contributed by atoms with Crippen molar-refractivity contribution < 1.29 is 14.0 Å². The fourth-order valence-corrected chi connectivity index (χ4v) is 2.70. The first-order chi connectivity index (χ1) is 11.4. The summed E-state index contributed by atoms with van der Waals surface area (Å²) in [5, 5.41) is 0. The number of hydrogen-bond acceptors (Lipinski definition) is 2. The van der Waals surface area contributed by atoms with Crippen LogP contribution in [0.15, 0.2) is 18.7 Å². The summed E-state index contributed by atoms with van der Waals surface area (Å²) >= 11 is 0. The molecule has 1 aromatic rings. The van der Waals surface area contributed by atoms with Gasteiger partial charge in [0.05, 0.1) is 13.1 Å². The smallest absolute Gasteiger partial charge is 0.243 e. The van der Waals surface area contributed by atoms with E-state index in [0.29, 0.717) is 0 Å². The van der Waals surface area contributed by atoms with E-state index in [1.807, 2.05) is 0 Å². The lowest BCUT2D eigenvalue weighted by atomic mass is 10.2. The van der Waals surface area contributed by atoms with Gasteiger partial charge in [0, 0.05) is 26.4 Å². The van der Waals surface area contributed by atoms with Crippen molar-refractivity contribution in [3.8, 4) is 0 Å². The molecule has 4 nitrogen and oxygen atoms in total. The molecular weight excluding hydrogens is 288 g/mol. The van der Waals surface area contributed by atoms with Crippen LogP contribution in [0.25, 0.3) is 0 Å². The Balaban J connectivity index is 1.97. The molecule has 0 spiro atoms. The average molecular weight is 326 g/mol. The van der Waals surface area contributed by atoms with Crippen LogP contribution < -0.4 is 4.57 Å². The summed E-state index contributed by atoms with van der Waals surface area (Å²) in [5.74, 6) is 0. The van der Waals surface area contributed by atoms with Crippen molar-refractivity contribution in [2.24, 2.45) is 0 Å². The molecule has 0 atom stereocenters. The van der Waals surface area contributed by atoms with Crippen LogP contribution in [0, 0.1) is 0 Å². The standard InChI is InChI=1S/C19H37N2O2/c1-3-22-17-11-7-5-9-13-20-15-16-21(19-20)14-10-6-8-12-18-23-4-2/h15-16,19H,3-14,17-18H2,1-2H3/q+1. The molecule has 0 bridgehead atoms. The molecule has 0 saturated carbocycles. The van der Waals surface area contributed by atoms with Crippen molar-refractivity contribution in [3.05, 3.63) is 18.7 Å². The van der Waals surface area contributed by atoms with Gasteiger partial charge in [0.1, 0.15) is 12.4 Å². The maximum atomic E-state index is 5.36. The van der Waals surface area contributed by atoms with Crippen LogP contribution >= 0.6 is 0 Å². The van der Waals surface area contributed by atoms with Gasteiger partial charge in [-0.1, -0.05) is 12.8 Å². The van der Waals surface area contributed by atoms with Gasteiger partial charge in [0.25, 0.3) is 0 Å². The lowest BCUT2D eigenvalue weighted by Crippen LogP contribution is -2.30. The third kappa shape index (κ3) is 11.3. The molecular formula is C19H37N2O2+. The first-order valence-electron chi connectivity index (χ1n) is 9.57.